The zero-order chi connectivity index (χ0) is 12.1. The van der Waals surface area contributed by atoms with Gasteiger partial charge in [0.15, 0.2) is 0 Å². The molecule has 0 aromatic heterocycles. The lowest BCUT2D eigenvalue weighted by molar-refractivity contribution is 0.216. The van der Waals surface area contributed by atoms with E-state index in [4.69, 9.17) is 17.3 Å². The zero-order valence-electron chi connectivity index (χ0n) is 10.2. The number of rotatable bonds is 4. The topological polar surface area (TPSA) is 29.3 Å². The van der Waals surface area contributed by atoms with Gasteiger partial charge in [-0.2, -0.15) is 0 Å². The highest BCUT2D eigenvalue weighted by molar-refractivity contribution is 6.31. The van der Waals surface area contributed by atoms with Crippen molar-refractivity contribution in [1.82, 2.24) is 4.90 Å². The fraction of sp³-hybridized carbons (Fsp3) is 0.571. The van der Waals surface area contributed by atoms with Gasteiger partial charge in [-0.3, -0.25) is 0 Å². The lowest BCUT2D eigenvalue weighted by Gasteiger charge is -2.30. The van der Waals surface area contributed by atoms with E-state index in [2.05, 4.69) is 11.0 Å². The van der Waals surface area contributed by atoms with Crippen molar-refractivity contribution in [2.75, 3.05) is 26.2 Å². The third-order valence-corrected chi connectivity index (χ3v) is 3.90. The largest absolute Gasteiger partial charge is 0.330 e. The molecule has 3 heteroatoms. The summed E-state index contributed by atoms with van der Waals surface area (Å²) in [4.78, 5) is 2.52. The van der Waals surface area contributed by atoms with Crippen LogP contribution in [0, 0.1) is 0 Å². The first-order valence-electron chi connectivity index (χ1n) is 6.48. The number of nitrogens with zero attached hydrogens (tertiary/aromatic N) is 1. The third kappa shape index (κ3) is 3.44. The lowest BCUT2D eigenvalue weighted by atomic mass is 9.97. The maximum absolute atomic E-state index is 6.24. The van der Waals surface area contributed by atoms with E-state index in [1.807, 2.05) is 18.2 Å². The number of likely N-dealkylation sites (tertiary alicyclic amines) is 1. The molecule has 0 radical (unpaired) electrons. The molecule has 0 aliphatic carbocycles. The molecule has 1 unspecified atom stereocenters. The van der Waals surface area contributed by atoms with Crippen LogP contribution in [0.25, 0.3) is 0 Å². The van der Waals surface area contributed by atoms with Gasteiger partial charge in [0.05, 0.1) is 0 Å². The Hall–Kier alpha value is -0.570. The molecular formula is C14H21ClN2. The molecule has 17 heavy (non-hydrogen) atoms. The van der Waals surface area contributed by atoms with E-state index in [0.29, 0.717) is 12.5 Å². The van der Waals surface area contributed by atoms with E-state index < -0.39 is 0 Å². The van der Waals surface area contributed by atoms with E-state index in [9.17, 15) is 0 Å². The van der Waals surface area contributed by atoms with Gasteiger partial charge < -0.3 is 10.6 Å². The van der Waals surface area contributed by atoms with Crippen molar-refractivity contribution in [2.45, 2.75) is 25.2 Å². The third-order valence-electron chi connectivity index (χ3n) is 3.56. The average molecular weight is 253 g/mol. The molecule has 0 bridgehead atoms. The van der Waals surface area contributed by atoms with Crippen LogP contribution < -0.4 is 5.73 Å². The Bertz CT molecular complexity index is 348. The number of hydrogen-bond acceptors (Lipinski definition) is 2. The van der Waals surface area contributed by atoms with Crippen LogP contribution in [-0.2, 0) is 0 Å². The Balaban J connectivity index is 2.03. The summed E-state index contributed by atoms with van der Waals surface area (Å²) >= 11 is 6.24. The Morgan fingerprint density at radius 2 is 1.88 bits per heavy atom. The van der Waals surface area contributed by atoms with Crippen LogP contribution in [0.5, 0.6) is 0 Å². The molecule has 1 saturated heterocycles. The van der Waals surface area contributed by atoms with E-state index in [0.717, 1.165) is 11.6 Å². The molecule has 94 valence electrons. The predicted molar refractivity (Wildman–Crippen MR) is 73.5 cm³/mol. The van der Waals surface area contributed by atoms with E-state index in [-0.39, 0.29) is 0 Å². The summed E-state index contributed by atoms with van der Waals surface area (Å²) in [6.07, 6.45) is 4.01. The number of piperidine rings is 1. The molecule has 2 nitrogen and oxygen atoms in total. The first kappa shape index (κ1) is 12.9. The minimum Gasteiger partial charge on any atom is -0.330 e. The molecule has 1 aliphatic heterocycles. The van der Waals surface area contributed by atoms with Crippen molar-refractivity contribution in [3.8, 4) is 0 Å². The van der Waals surface area contributed by atoms with Crippen LogP contribution >= 0.6 is 11.6 Å². The molecule has 1 aliphatic rings. The lowest BCUT2D eigenvalue weighted by Crippen LogP contribution is -2.35. The summed E-state index contributed by atoms with van der Waals surface area (Å²) < 4.78 is 0. The van der Waals surface area contributed by atoms with Gasteiger partial charge in [0.2, 0.25) is 0 Å². The molecule has 1 heterocycles. The quantitative estimate of drug-likeness (QED) is 0.893. The van der Waals surface area contributed by atoms with Crippen molar-refractivity contribution in [1.29, 1.82) is 0 Å². The SMILES string of the molecule is NCC(CN1CCCCC1)c1ccccc1Cl. The molecule has 2 N–H and O–H groups in total. The van der Waals surface area contributed by atoms with Crippen molar-refractivity contribution in [3.63, 3.8) is 0 Å². The van der Waals surface area contributed by atoms with E-state index in [1.165, 1.54) is 37.9 Å². The van der Waals surface area contributed by atoms with Crippen molar-refractivity contribution >= 4 is 11.6 Å². The monoisotopic (exact) mass is 252 g/mol. The van der Waals surface area contributed by atoms with Gasteiger partial charge in [0, 0.05) is 24.0 Å². The molecule has 1 aromatic rings. The van der Waals surface area contributed by atoms with Gasteiger partial charge in [-0.1, -0.05) is 36.2 Å². The van der Waals surface area contributed by atoms with Crippen molar-refractivity contribution in [2.24, 2.45) is 5.73 Å². The fourth-order valence-electron chi connectivity index (χ4n) is 2.56. The minimum absolute atomic E-state index is 0.363. The minimum atomic E-state index is 0.363. The smallest absolute Gasteiger partial charge is 0.0441 e. The second-order valence-corrected chi connectivity index (χ2v) is 5.22. The first-order valence-corrected chi connectivity index (χ1v) is 6.86. The summed E-state index contributed by atoms with van der Waals surface area (Å²) in [5.41, 5.74) is 7.10. The second-order valence-electron chi connectivity index (χ2n) is 4.82. The van der Waals surface area contributed by atoms with Crippen LogP contribution in [-0.4, -0.2) is 31.1 Å². The second kappa shape index (κ2) is 6.39. The molecule has 0 amide bonds. The number of halogens is 1. The number of hydrogen-bond donors (Lipinski definition) is 1. The van der Waals surface area contributed by atoms with Gasteiger partial charge in [0.1, 0.15) is 0 Å². The van der Waals surface area contributed by atoms with Crippen LogP contribution in [0.1, 0.15) is 30.7 Å². The molecule has 1 aromatic carbocycles. The maximum Gasteiger partial charge on any atom is 0.0441 e. The van der Waals surface area contributed by atoms with Crippen LogP contribution in [0.3, 0.4) is 0 Å². The van der Waals surface area contributed by atoms with Gasteiger partial charge in [-0.05, 0) is 37.6 Å². The fourth-order valence-corrected chi connectivity index (χ4v) is 2.85. The predicted octanol–water partition coefficient (Wildman–Crippen LogP) is 2.87. The molecule has 1 fully saturated rings. The molecule has 0 saturated carbocycles. The van der Waals surface area contributed by atoms with Crippen molar-refractivity contribution < 1.29 is 0 Å². The van der Waals surface area contributed by atoms with Gasteiger partial charge in [-0.25, -0.2) is 0 Å². The summed E-state index contributed by atoms with van der Waals surface area (Å²) in [6.45, 7) is 4.13. The zero-order valence-corrected chi connectivity index (χ0v) is 11.0. The Morgan fingerprint density at radius 1 is 1.18 bits per heavy atom. The van der Waals surface area contributed by atoms with Crippen molar-refractivity contribution in [3.05, 3.63) is 34.9 Å². The Morgan fingerprint density at radius 3 is 2.53 bits per heavy atom. The van der Waals surface area contributed by atoms with Gasteiger partial charge in [0.25, 0.3) is 0 Å². The Labute approximate surface area is 109 Å². The standard InChI is InChI=1S/C14H21ClN2/c15-14-7-3-2-6-13(14)12(10-16)11-17-8-4-1-5-9-17/h2-3,6-7,12H,1,4-5,8-11,16H2. The summed E-state index contributed by atoms with van der Waals surface area (Å²) in [5.74, 6) is 0.363. The molecular weight excluding hydrogens is 232 g/mol. The normalized spacial score (nSPS) is 19.2. The molecule has 1 atom stereocenters. The van der Waals surface area contributed by atoms with Crippen LogP contribution in [0.2, 0.25) is 5.02 Å². The summed E-state index contributed by atoms with van der Waals surface area (Å²) in [6, 6.07) is 8.07. The maximum atomic E-state index is 6.24. The number of nitrogens with two attached hydrogens (primary N) is 1. The summed E-state index contributed by atoms with van der Waals surface area (Å²) in [7, 11) is 0. The highest BCUT2D eigenvalue weighted by Crippen LogP contribution is 2.25. The first-order chi connectivity index (χ1) is 8.31. The average Bonchev–Trinajstić information content (AvgIpc) is 2.38. The van der Waals surface area contributed by atoms with E-state index >= 15 is 0 Å². The van der Waals surface area contributed by atoms with Crippen LogP contribution in [0.4, 0.5) is 0 Å². The van der Waals surface area contributed by atoms with E-state index in [1.54, 1.807) is 0 Å². The number of benzene rings is 1. The van der Waals surface area contributed by atoms with Gasteiger partial charge >= 0.3 is 0 Å². The molecule has 2 rings (SSSR count). The summed E-state index contributed by atoms with van der Waals surface area (Å²) in [5, 5.41) is 0.847. The Kier molecular flexibility index (Phi) is 4.84. The highest BCUT2D eigenvalue weighted by atomic mass is 35.5. The molecule has 0 spiro atoms. The van der Waals surface area contributed by atoms with Gasteiger partial charge in [-0.15, -0.1) is 0 Å². The van der Waals surface area contributed by atoms with Crippen LogP contribution in [0.15, 0.2) is 24.3 Å². The highest BCUT2D eigenvalue weighted by Gasteiger charge is 2.18.